The Labute approximate surface area is 212 Å². The van der Waals surface area contributed by atoms with Gasteiger partial charge in [-0.25, -0.2) is 13.6 Å². The third kappa shape index (κ3) is 7.03. The van der Waals surface area contributed by atoms with Crippen LogP contribution in [0.5, 0.6) is 0 Å². The molecule has 190 valence electrons. The van der Waals surface area contributed by atoms with Crippen molar-refractivity contribution in [3.63, 3.8) is 0 Å². The van der Waals surface area contributed by atoms with Crippen LogP contribution in [0.15, 0.2) is 30.3 Å². The summed E-state index contributed by atoms with van der Waals surface area (Å²) in [7, 11) is 0. The number of Topliss-reactive ketones (excluding diaryl/α,β-unsaturated/α-hetero) is 1. The molecule has 2 N–H and O–H groups in total. The second-order valence-corrected chi connectivity index (χ2v) is 11.7. The van der Waals surface area contributed by atoms with Crippen molar-refractivity contribution in [1.82, 2.24) is 0 Å². The molecule has 0 bridgehead atoms. The molecular weight excluding hydrogens is 513 g/mol. The number of unbranched alkanes of at least 4 members (excludes halogenated alkanes) is 2. The summed E-state index contributed by atoms with van der Waals surface area (Å²) in [5.74, 6) is -1.61. The average Bonchev–Trinajstić information content (AvgIpc) is 3.40. The van der Waals surface area contributed by atoms with Crippen LogP contribution in [0.2, 0.25) is 0 Å². The van der Waals surface area contributed by atoms with E-state index in [-0.39, 0.29) is 35.9 Å². The van der Waals surface area contributed by atoms with E-state index in [9.17, 15) is 28.6 Å². The number of ketones is 1. The van der Waals surface area contributed by atoms with Gasteiger partial charge in [0.1, 0.15) is 18.5 Å². The largest absolute Gasteiger partial charge is 0.459 e. The van der Waals surface area contributed by atoms with E-state index in [1.165, 1.54) is 0 Å². The highest BCUT2D eigenvalue weighted by Gasteiger charge is 2.64. The standard InChI is InChI=1S/C24H29Cl3F2O5/c25-24(26,27)12-34-23(33)16(28)10-6-2-5-9-14-17(30)11-15-18(14)19(15)21(31)22(32)20(29)13-7-3-1-4-8-13/h1,3-4,7-8,14-16,18-22,31-32H,2,5-6,9-12H2/t14-,15?,16?,18?,19?,20?,21?,22?/m1/s1. The van der Waals surface area contributed by atoms with Crippen LogP contribution in [0.25, 0.3) is 0 Å². The van der Waals surface area contributed by atoms with E-state index in [0.29, 0.717) is 37.7 Å². The molecule has 5 nitrogen and oxygen atoms in total. The SMILES string of the molecule is O=C(OCC(Cl)(Cl)Cl)C(F)CCCCC[C@@H]1C(=O)CC2C(C(O)C(O)C(F)c3ccccc3)C21. The van der Waals surface area contributed by atoms with Gasteiger partial charge in [0.25, 0.3) is 0 Å². The number of carbonyl (C=O) groups is 2. The Morgan fingerprint density at radius 1 is 1.12 bits per heavy atom. The number of benzene rings is 1. The molecule has 0 spiro atoms. The first-order valence-electron chi connectivity index (χ1n) is 11.5. The van der Waals surface area contributed by atoms with Crippen LogP contribution < -0.4 is 0 Å². The van der Waals surface area contributed by atoms with Gasteiger partial charge < -0.3 is 14.9 Å². The minimum absolute atomic E-state index is 0.0335. The van der Waals surface area contributed by atoms with Crippen LogP contribution in [0, 0.1) is 23.7 Å². The molecule has 0 heterocycles. The van der Waals surface area contributed by atoms with Crippen LogP contribution in [0.3, 0.4) is 0 Å². The third-order valence-corrected chi connectivity index (χ3v) is 7.20. The maximum atomic E-state index is 14.7. The zero-order chi connectivity index (χ0) is 25.0. The van der Waals surface area contributed by atoms with Crippen molar-refractivity contribution in [3.8, 4) is 0 Å². The van der Waals surface area contributed by atoms with E-state index in [1.807, 2.05) is 0 Å². The predicted octanol–water partition coefficient (Wildman–Crippen LogP) is 5.07. The second-order valence-electron chi connectivity index (χ2n) is 9.22. The van der Waals surface area contributed by atoms with Crippen molar-refractivity contribution in [1.29, 1.82) is 0 Å². The average molecular weight is 542 g/mol. The Kier molecular flexibility index (Phi) is 9.60. The van der Waals surface area contributed by atoms with Gasteiger partial charge in [-0.3, -0.25) is 4.79 Å². The van der Waals surface area contributed by atoms with Gasteiger partial charge in [0.15, 0.2) is 12.3 Å². The topological polar surface area (TPSA) is 83.8 Å². The van der Waals surface area contributed by atoms with E-state index >= 15 is 0 Å². The number of halogens is 5. The summed E-state index contributed by atoms with van der Waals surface area (Å²) in [5.41, 5.74) is 0.301. The lowest BCUT2D eigenvalue weighted by molar-refractivity contribution is -0.149. The van der Waals surface area contributed by atoms with Crippen molar-refractivity contribution in [3.05, 3.63) is 35.9 Å². The summed E-state index contributed by atoms with van der Waals surface area (Å²) in [4.78, 5) is 23.9. The van der Waals surface area contributed by atoms with Gasteiger partial charge in [-0.2, -0.15) is 0 Å². The van der Waals surface area contributed by atoms with Crippen LogP contribution in [-0.2, 0) is 14.3 Å². The predicted molar refractivity (Wildman–Crippen MR) is 125 cm³/mol. The first-order valence-corrected chi connectivity index (χ1v) is 12.6. The minimum Gasteiger partial charge on any atom is -0.459 e. The molecule has 0 saturated heterocycles. The van der Waals surface area contributed by atoms with Gasteiger partial charge in [0.2, 0.25) is 3.79 Å². The monoisotopic (exact) mass is 540 g/mol. The fraction of sp³-hybridized carbons (Fsp3) is 0.667. The van der Waals surface area contributed by atoms with Crippen LogP contribution >= 0.6 is 34.8 Å². The maximum Gasteiger partial charge on any atom is 0.340 e. The molecule has 7 unspecified atom stereocenters. The Morgan fingerprint density at radius 3 is 2.44 bits per heavy atom. The number of hydrogen-bond acceptors (Lipinski definition) is 5. The van der Waals surface area contributed by atoms with Gasteiger partial charge in [0.05, 0.1) is 6.10 Å². The minimum atomic E-state index is -1.81. The van der Waals surface area contributed by atoms with E-state index in [4.69, 9.17) is 34.8 Å². The molecule has 34 heavy (non-hydrogen) atoms. The molecule has 0 aliphatic heterocycles. The summed E-state index contributed by atoms with van der Waals surface area (Å²) < 4.78 is 31.4. The van der Waals surface area contributed by atoms with Crippen LogP contribution in [0.1, 0.15) is 50.3 Å². The number of ether oxygens (including phenoxy) is 1. The number of fused-ring (bicyclic) bond motifs is 1. The lowest BCUT2D eigenvalue weighted by atomic mass is 9.88. The molecular formula is C24H29Cl3F2O5. The number of rotatable bonds is 12. The number of aliphatic hydroxyl groups is 2. The first-order chi connectivity index (χ1) is 16.0. The van der Waals surface area contributed by atoms with Gasteiger partial charge in [-0.1, -0.05) is 78.0 Å². The summed E-state index contributed by atoms with van der Waals surface area (Å²) in [5, 5.41) is 21.0. The second kappa shape index (κ2) is 11.8. The van der Waals surface area contributed by atoms with Crippen LogP contribution in [0.4, 0.5) is 8.78 Å². The fourth-order valence-corrected chi connectivity index (χ4v) is 5.32. The number of aliphatic hydroxyl groups excluding tert-OH is 2. The Balaban J connectivity index is 1.39. The maximum absolute atomic E-state index is 14.7. The molecule has 0 radical (unpaired) electrons. The quantitative estimate of drug-likeness (QED) is 0.219. The van der Waals surface area contributed by atoms with E-state index in [0.717, 1.165) is 0 Å². The number of alkyl halides is 5. The van der Waals surface area contributed by atoms with Crippen molar-refractivity contribution in [2.75, 3.05) is 6.61 Å². The fourth-order valence-electron chi connectivity index (χ4n) is 5.16. The third-order valence-electron chi connectivity index (χ3n) is 6.88. The lowest BCUT2D eigenvalue weighted by Gasteiger charge is -2.24. The molecule has 1 aromatic rings. The highest BCUT2D eigenvalue weighted by Crippen LogP contribution is 2.62. The Morgan fingerprint density at radius 2 is 1.79 bits per heavy atom. The smallest absolute Gasteiger partial charge is 0.340 e. The molecule has 0 aromatic heterocycles. The normalized spacial score (nSPS) is 27.6. The first kappa shape index (κ1) is 27.6. The summed E-state index contributed by atoms with van der Waals surface area (Å²) >= 11 is 16.4. The molecule has 10 heteroatoms. The van der Waals surface area contributed by atoms with Gasteiger partial charge in [-0.15, -0.1) is 0 Å². The van der Waals surface area contributed by atoms with E-state index < -0.39 is 40.9 Å². The van der Waals surface area contributed by atoms with Crippen molar-refractivity contribution in [2.24, 2.45) is 23.7 Å². The molecule has 3 rings (SSSR count). The Hall–Kier alpha value is -0.990. The molecule has 1 aromatic carbocycles. The van der Waals surface area contributed by atoms with Crippen molar-refractivity contribution in [2.45, 2.75) is 66.9 Å². The number of carbonyl (C=O) groups excluding carboxylic acids is 2. The number of esters is 1. The van der Waals surface area contributed by atoms with Crippen molar-refractivity contribution < 1.29 is 33.3 Å². The highest BCUT2D eigenvalue weighted by molar-refractivity contribution is 6.67. The Bertz CT molecular complexity index is 838. The molecule has 2 aliphatic carbocycles. The van der Waals surface area contributed by atoms with Gasteiger partial charge in [0, 0.05) is 12.3 Å². The molecule has 8 atom stereocenters. The summed E-state index contributed by atoms with van der Waals surface area (Å²) in [6, 6.07) is 8.19. The van der Waals surface area contributed by atoms with Gasteiger partial charge in [-0.05, 0) is 42.6 Å². The van der Waals surface area contributed by atoms with Crippen molar-refractivity contribution >= 4 is 46.6 Å². The zero-order valence-electron chi connectivity index (χ0n) is 18.5. The van der Waals surface area contributed by atoms with E-state index in [1.54, 1.807) is 30.3 Å². The summed E-state index contributed by atoms with van der Waals surface area (Å²) in [6.45, 7) is -0.528. The summed E-state index contributed by atoms with van der Waals surface area (Å²) in [6.07, 6.45) is -3.78. The molecule has 2 fully saturated rings. The molecule has 0 amide bonds. The van der Waals surface area contributed by atoms with Crippen LogP contribution in [-0.4, -0.2) is 50.7 Å². The molecule has 2 saturated carbocycles. The van der Waals surface area contributed by atoms with Gasteiger partial charge >= 0.3 is 5.97 Å². The van der Waals surface area contributed by atoms with E-state index in [2.05, 4.69) is 4.74 Å². The molecule has 2 aliphatic rings. The number of hydrogen-bond donors (Lipinski definition) is 2. The highest BCUT2D eigenvalue weighted by atomic mass is 35.6. The zero-order valence-corrected chi connectivity index (χ0v) is 20.7. The lowest BCUT2D eigenvalue weighted by Crippen LogP contribution is -2.34.